The van der Waals surface area contributed by atoms with Gasteiger partial charge in [-0.1, -0.05) is 42.5 Å². The third-order valence-corrected chi connectivity index (χ3v) is 5.94. The number of nitro benzene ring substituents is 1. The van der Waals surface area contributed by atoms with Gasteiger partial charge in [0.1, 0.15) is 12.5 Å². The normalized spacial score (nSPS) is 17.7. The maximum Gasteiger partial charge on any atom is 0.336 e. The van der Waals surface area contributed by atoms with E-state index in [0.717, 1.165) is 5.56 Å². The van der Waals surface area contributed by atoms with Gasteiger partial charge < -0.3 is 9.47 Å². The van der Waals surface area contributed by atoms with Gasteiger partial charge in [0, 0.05) is 42.5 Å². The lowest BCUT2D eigenvalue weighted by Gasteiger charge is -2.31. The molecule has 1 unspecified atom stereocenters. The Morgan fingerprint density at radius 1 is 1.11 bits per heavy atom. The van der Waals surface area contributed by atoms with Crippen molar-refractivity contribution in [2.75, 3.05) is 27.3 Å². The third-order valence-electron chi connectivity index (χ3n) is 5.94. The zero-order valence-electron chi connectivity index (χ0n) is 20.3. The molecule has 0 amide bonds. The van der Waals surface area contributed by atoms with E-state index in [4.69, 9.17) is 9.47 Å². The molecule has 0 N–H and O–H groups in total. The molecule has 9 nitrogen and oxygen atoms in total. The number of likely N-dealkylation sites (N-methyl/N-ethyl adjacent to an activating group) is 1. The van der Waals surface area contributed by atoms with Crippen LogP contribution in [0.3, 0.4) is 0 Å². The first-order chi connectivity index (χ1) is 16.7. The number of nitro groups is 1. The van der Waals surface area contributed by atoms with E-state index in [9.17, 15) is 19.7 Å². The van der Waals surface area contributed by atoms with Crippen LogP contribution in [0.15, 0.2) is 70.9 Å². The van der Waals surface area contributed by atoms with Crippen molar-refractivity contribution in [2.45, 2.75) is 26.3 Å². The highest BCUT2D eigenvalue weighted by molar-refractivity contribution is 6.07. The van der Waals surface area contributed by atoms with Gasteiger partial charge in [0.05, 0.1) is 17.6 Å². The predicted octanol–water partition coefficient (Wildman–Crippen LogP) is 3.89. The number of aliphatic imine (C=N–C) groups is 1. The summed E-state index contributed by atoms with van der Waals surface area (Å²) >= 11 is 0. The molecule has 2 aromatic carbocycles. The summed E-state index contributed by atoms with van der Waals surface area (Å²) in [4.78, 5) is 43.3. The summed E-state index contributed by atoms with van der Waals surface area (Å²) in [5.74, 6) is -2.93. The van der Waals surface area contributed by atoms with Gasteiger partial charge in [-0.15, -0.1) is 0 Å². The average Bonchev–Trinajstić information content (AvgIpc) is 2.83. The van der Waals surface area contributed by atoms with Gasteiger partial charge in [-0.25, -0.2) is 4.79 Å². The molecule has 9 heteroatoms. The van der Waals surface area contributed by atoms with Gasteiger partial charge in [0.25, 0.3) is 5.69 Å². The van der Waals surface area contributed by atoms with Gasteiger partial charge in [-0.2, -0.15) is 0 Å². The van der Waals surface area contributed by atoms with E-state index in [-0.39, 0.29) is 17.9 Å². The first-order valence-corrected chi connectivity index (χ1v) is 11.2. The van der Waals surface area contributed by atoms with Crippen molar-refractivity contribution >= 4 is 23.3 Å². The van der Waals surface area contributed by atoms with E-state index in [2.05, 4.69) is 4.99 Å². The summed E-state index contributed by atoms with van der Waals surface area (Å²) in [7, 11) is 3.19. The van der Waals surface area contributed by atoms with Crippen molar-refractivity contribution in [3.05, 3.63) is 87.1 Å². The van der Waals surface area contributed by atoms with Gasteiger partial charge in [0.15, 0.2) is 0 Å². The van der Waals surface area contributed by atoms with Gasteiger partial charge in [0.2, 0.25) is 0 Å². The minimum absolute atomic E-state index is 0.131. The fourth-order valence-corrected chi connectivity index (χ4v) is 4.27. The Morgan fingerprint density at radius 2 is 1.83 bits per heavy atom. The molecule has 3 rings (SSSR count). The van der Waals surface area contributed by atoms with Crippen LogP contribution in [-0.4, -0.2) is 54.8 Å². The van der Waals surface area contributed by atoms with Crippen LogP contribution in [0.4, 0.5) is 5.69 Å². The first-order valence-electron chi connectivity index (χ1n) is 11.2. The molecule has 0 fully saturated rings. The summed E-state index contributed by atoms with van der Waals surface area (Å²) in [6.45, 7) is 4.67. The van der Waals surface area contributed by atoms with E-state index in [1.165, 1.54) is 25.3 Å². The number of carbonyl (C=O) groups is 2. The Bertz CT molecular complexity index is 1160. The third kappa shape index (κ3) is 6.19. The second-order valence-electron chi connectivity index (χ2n) is 8.44. The molecule has 1 heterocycles. The summed E-state index contributed by atoms with van der Waals surface area (Å²) in [6, 6.07) is 15.8. The molecule has 0 spiro atoms. The van der Waals surface area contributed by atoms with Gasteiger partial charge in [-0.3, -0.25) is 24.8 Å². The van der Waals surface area contributed by atoms with Crippen LogP contribution >= 0.6 is 0 Å². The fraction of sp³-hybridized carbons (Fsp3) is 0.346. The van der Waals surface area contributed by atoms with Crippen molar-refractivity contribution in [3.8, 4) is 0 Å². The SMILES string of the molecule is COC(=O)C1C(C)=NC(C)=C(C(=O)OCCN(C)Cc2ccccc2)[C@@H]1c1cccc([N+](=O)[O-])c1. The number of benzene rings is 2. The van der Waals surface area contributed by atoms with E-state index in [1.54, 1.807) is 19.9 Å². The van der Waals surface area contributed by atoms with Crippen molar-refractivity contribution < 1.29 is 24.0 Å². The number of hydrogen-bond acceptors (Lipinski definition) is 8. The Labute approximate surface area is 204 Å². The zero-order chi connectivity index (χ0) is 25.5. The van der Waals surface area contributed by atoms with E-state index in [1.807, 2.05) is 42.3 Å². The van der Waals surface area contributed by atoms with Crippen LogP contribution in [0.1, 0.15) is 30.9 Å². The number of esters is 2. The molecule has 2 aromatic rings. The number of ether oxygens (including phenoxy) is 2. The highest BCUT2D eigenvalue weighted by Gasteiger charge is 2.42. The molecule has 0 bridgehead atoms. The smallest absolute Gasteiger partial charge is 0.336 e. The largest absolute Gasteiger partial charge is 0.468 e. The van der Waals surface area contributed by atoms with Crippen LogP contribution < -0.4 is 0 Å². The van der Waals surface area contributed by atoms with Crippen molar-refractivity contribution in [3.63, 3.8) is 0 Å². The lowest BCUT2D eigenvalue weighted by atomic mass is 9.75. The highest BCUT2D eigenvalue weighted by Crippen LogP contribution is 2.40. The molecular formula is C26H29N3O6. The number of hydrogen-bond donors (Lipinski definition) is 0. The number of methoxy groups -OCH3 is 1. The number of allylic oxidation sites excluding steroid dienone is 1. The molecule has 35 heavy (non-hydrogen) atoms. The quantitative estimate of drug-likeness (QED) is 0.305. The molecule has 0 aliphatic carbocycles. The highest BCUT2D eigenvalue weighted by atomic mass is 16.6. The predicted molar refractivity (Wildman–Crippen MR) is 131 cm³/mol. The molecule has 2 atom stereocenters. The Balaban J connectivity index is 1.84. The lowest BCUT2D eigenvalue weighted by Crippen LogP contribution is -2.36. The van der Waals surface area contributed by atoms with Crippen molar-refractivity contribution in [1.82, 2.24) is 4.90 Å². The summed E-state index contributed by atoms with van der Waals surface area (Å²) in [5, 5.41) is 11.4. The maximum absolute atomic E-state index is 13.3. The van der Waals surface area contributed by atoms with Crippen LogP contribution in [0.2, 0.25) is 0 Å². The maximum atomic E-state index is 13.3. The molecule has 1 aliphatic rings. The summed E-state index contributed by atoms with van der Waals surface area (Å²) in [6.07, 6.45) is 0. The second kappa shape index (κ2) is 11.5. The number of carbonyl (C=O) groups excluding carboxylic acids is 2. The molecule has 0 saturated carbocycles. The summed E-state index contributed by atoms with van der Waals surface area (Å²) < 4.78 is 10.6. The van der Waals surface area contributed by atoms with E-state index >= 15 is 0 Å². The molecule has 184 valence electrons. The minimum atomic E-state index is -0.908. The van der Waals surface area contributed by atoms with E-state index < -0.39 is 28.7 Å². The number of rotatable bonds is 9. The summed E-state index contributed by atoms with van der Waals surface area (Å²) in [5.41, 5.74) is 2.50. The van der Waals surface area contributed by atoms with Crippen LogP contribution in [-0.2, 0) is 25.6 Å². The van der Waals surface area contributed by atoms with Gasteiger partial charge in [-0.05, 0) is 32.0 Å². The lowest BCUT2D eigenvalue weighted by molar-refractivity contribution is -0.384. The van der Waals surface area contributed by atoms with Crippen LogP contribution in [0, 0.1) is 16.0 Å². The first kappa shape index (κ1) is 25.8. The zero-order valence-corrected chi connectivity index (χ0v) is 20.3. The molecule has 0 saturated heterocycles. The van der Waals surface area contributed by atoms with Crippen molar-refractivity contribution in [1.29, 1.82) is 0 Å². The Kier molecular flexibility index (Phi) is 8.48. The number of nitrogens with zero attached hydrogens (tertiary/aromatic N) is 3. The molecular weight excluding hydrogens is 450 g/mol. The Morgan fingerprint density at radius 3 is 2.49 bits per heavy atom. The standard InChI is InChI=1S/C26H29N3O6/c1-17-22(25(30)34-4)24(20-11-8-12-21(15-20)29(32)33)23(18(2)27-17)26(31)35-14-13-28(3)16-19-9-6-5-7-10-19/h5-12,15,22,24H,13-14,16H2,1-4H3/t22?,24-/m1/s1. The fourth-order valence-electron chi connectivity index (χ4n) is 4.27. The molecule has 0 radical (unpaired) electrons. The van der Waals surface area contributed by atoms with Crippen LogP contribution in [0.5, 0.6) is 0 Å². The minimum Gasteiger partial charge on any atom is -0.468 e. The molecule has 0 aromatic heterocycles. The average molecular weight is 480 g/mol. The van der Waals surface area contributed by atoms with Crippen LogP contribution in [0.25, 0.3) is 0 Å². The van der Waals surface area contributed by atoms with E-state index in [0.29, 0.717) is 30.1 Å². The monoisotopic (exact) mass is 479 g/mol. The van der Waals surface area contributed by atoms with Gasteiger partial charge >= 0.3 is 11.9 Å². The topological polar surface area (TPSA) is 111 Å². The number of non-ortho nitro benzene ring substituents is 1. The second-order valence-corrected chi connectivity index (χ2v) is 8.44. The van der Waals surface area contributed by atoms with Crippen molar-refractivity contribution in [2.24, 2.45) is 10.9 Å². The Hall–Kier alpha value is -3.85. The molecule has 1 aliphatic heterocycles.